The fraction of sp³-hybridized carbons (Fsp3) is 0.105. The Morgan fingerprint density at radius 2 is 2.04 bits per heavy atom. The fourth-order valence-corrected chi connectivity index (χ4v) is 3.26. The number of rotatable bonds is 5. The highest BCUT2D eigenvalue weighted by Crippen LogP contribution is 2.16. The molecule has 0 unspecified atom stereocenters. The Kier molecular flexibility index (Phi) is 5.75. The predicted octanol–water partition coefficient (Wildman–Crippen LogP) is 3.93. The van der Waals surface area contributed by atoms with Crippen molar-refractivity contribution in [3.63, 3.8) is 0 Å². The molecule has 132 valence electrons. The third-order valence-corrected chi connectivity index (χ3v) is 4.73. The van der Waals surface area contributed by atoms with E-state index in [1.807, 2.05) is 31.2 Å². The van der Waals surface area contributed by atoms with Gasteiger partial charge < -0.3 is 5.32 Å². The maximum atomic E-state index is 12.6. The Morgan fingerprint density at radius 1 is 1.23 bits per heavy atom. The van der Waals surface area contributed by atoms with Crippen molar-refractivity contribution in [1.82, 2.24) is 9.55 Å². The number of thioether (sulfide) groups is 1. The Labute approximate surface area is 160 Å². The van der Waals surface area contributed by atoms with Crippen LogP contribution in [0.5, 0.6) is 0 Å². The number of aromatic nitrogens is 2. The Bertz CT molecular complexity index is 1000. The maximum absolute atomic E-state index is 12.6. The van der Waals surface area contributed by atoms with Gasteiger partial charge in [0.2, 0.25) is 5.91 Å². The summed E-state index contributed by atoms with van der Waals surface area (Å²) in [5, 5.41) is 3.61. The first kappa shape index (κ1) is 18.2. The lowest BCUT2D eigenvalue weighted by molar-refractivity contribution is -0.113. The second-order valence-electron chi connectivity index (χ2n) is 5.59. The first-order chi connectivity index (χ1) is 12.5. The van der Waals surface area contributed by atoms with Crippen LogP contribution in [0.2, 0.25) is 5.02 Å². The van der Waals surface area contributed by atoms with Crippen molar-refractivity contribution in [3.8, 4) is 5.69 Å². The van der Waals surface area contributed by atoms with Gasteiger partial charge in [0.1, 0.15) is 0 Å². The molecule has 0 bridgehead atoms. The van der Waals surface area contributed by atoms with Gasteiger partial charge in [-0.2, -0.15) is 0 Å². The van der Waals surface area contributed by atoms with Crippen molar-refractivity contribution >= 4 is 35.0 Å². The van der Waals surface area contributed by atoms with Gasteiger partial charge in [-0.1, -0.05) is 41.6 Å². The Morgan fingerprint density at radius 3 is 2.81 bits per heavy atom. The van der Waals surface area contributed by atoms with Crippen LogP contribution >= 0.6 is 23.4 Å². The van der Waals surface area contributed by atoms with Crippen molar-refractivity contribution in [1.29, 1.82) is 0 Å². The van der Waals surface area contributed by atoms with Crippen molar-refractivity contribution in [3.05, 3.63) is 81.9 Å². The van der Waals surface area contributed by atoms with E-state index in [-0.39, 0.29) is 22.2 Å². The van der Waals surface area contributed by atoms with Gasteiger partial charge in [0.05, 0.1) is 11.4 Å². The van der Waals surface area contributed by atoms with Gasteiger partial charge in [-0.15, -0.1) is 0 Å². The zero-order chi connectivity index (χ0) is 18.5. The van der Waals surface area contributed by atoms with Gasteiger partial charge >= 0.3 is 0 Å². The van der Waals surface area contributed by atoms with Gasteiger partial charge in [-0.25, -0.2) is 4.98 Å². The smallest absolute Gasteiger partial charge is 0.287 e. The standard InChI is InChI=1S/C19H16ClN3O2S/c1-13-4-2-6-15(10-13)22-17(24)12-26-18-19(25)23(9-8-21-18)16-7-3-5-14(20)11-16/h2-11H,12H2,1H3,(H,22,24). The van der Waals surface area contributed by atoms with E-state index in [4.69, 9.17) is 11.6 Å². The van der Waals surface area contributed by atoms with Crippen molar-refractivity contribution in [2.75, 3.05) is 11.1 Å². The molecule has 0 saturated heterocycles. The normalized spacial score (nSPS) is 10.5. The Balaban J connectivity index is 1.71. The number of hydrogen-bond acceptors (Lipinski definition) is 4. The first-order valence-electron chi connectivity index (χ1n) is 7.86. The SMILES string of the molecule is Cc1cccc(NC(=O)CSc2nccn(-c3cccc(Cl)c3)c2=O)c1. The van der Waals surface area contributed by atoms with E-state index < -0.39 is 0 Å². The first-order valence-corrected chi connectivity index (χ1v) is 9.22. The predicted molar refractivity (Wildman–Crippen MR) is 105 cm³/mol. The minimum absolute atomic E-state index is 0.0930. The molecule has 0 atom stereocenters. The van der Waals surface area contributed by atoms with Crippen LogP contribution in [0.15, 0.2) is 70.7 Å². The summed E-state index contributed by atoms with van der Waals surface area (Å²) in [6, 6.07) is 14.5. The summed E-state index contributed by atoms with van der Waals surface area (Å²) in [6.45, 7) is 1.95. The van der Waals surface area contributed by atoms with Gasteiger partial charge in [-0.05, 0) is 42.8 Å². The van der Waals surface area contributed by atoms with E-state index in [1.54, 1.807) is 30.5 Å². The molecule has 26 heavy (non-hydrogen) atoms. The summed E-state index contributed by atoms with van der Waals surface area (Å²) < 4.78 is 1.46. The van der Waals surface area contributed by atoms with Crippen LogP contribution in [-0.4, -0.2) is 21.2 Å². The molecule has 2 aromatic carbocycles. The van der Waals surface area contributed by atoms with Crippen LogP contribution in [0.1, 0.15) is 5.56 Å². The summed E-state index contributed by atoms with van der Waals surface area (Å²) in [6.07, 6.45) is 3.11. The topological polar surface area (TPSA) is 64.0 Å². The molecule has 1 N–H and O–H groups in total. The number of nitrogens with zero attached hydrogens (tertiary/aromatic N) is 2. The van der Waals surface area contributed by atoms with Crippen LogP contribution in [-0.2, 0) is 4.79 Å². The average Bonchev–Trinajstić information content (AvgIpc) is 2.61. The van der Waals surface area contributed by atoms with Crippen molar-refractivity contribution < 1.29 is 4.79 Å². The number of halogens is 1. The average molecular weight is 386 g/mol. The highest BCUT2D eigenvalue weighted by Gasteiger charge is 2.10. The van der Waals surface area contributed by atoms with E-state index in [0.717, 1.165) is 23.0 Å². The lowest BCUT2D eigenvalue weighted by atomic mass is 10.2. The van der Waals surface area contributed by atoms with Crippen LogP contribution in [0.4, 0.5) is 5.69 Å². The van der Waals surface area contributed by atoms with Gasteiger partial charge in [0.25, 0.3) is 5.56 Å². The molecule has 7 heteroatoms. The minimum Gasteiger partial charge on any atom is -0.325 e. The van der Waals surface area contributed by atoms with Gasteiger partial charge in [0, 0.05) is 23.1 Å². The molecule has 0 radical (unpaired) electrons. The monoisotopic (exact) mass is 385 g/mol. The molecule has 0 aliphatic carbocycles. The number of amides is 1. The molecule has 0 aliphatic heterocycles. The van der Waals surface area contributed by atoms with Crippen molar-refractivity contribution in [2.45, 2.75) is 11.9 Å². The number of aryl methyl sites for hydroxylation is 1. The lowest BCUT2D eigenvalue weighted by Crippen LogP contribution is -2.22. The summed E-state index contributed by atoms with van der Waals surface area (Å²) >= 11 is 7.09. The molecular formula is C19H16ClN3O2S. The van der Waals surface area contributed by atoms with Crippen LogP contribution in [0.25, 0.3) is 5.69 Å². The van der Waals surface area contributed by atoms with E-state index in [0.29, 0.717) is 10.7 Å². The molecule has 0 aliphatic rings. The van der Waals surface area contributed by atoms with E-state index in [9.17, 15) is 9.59 Å². The van der Waals surface area contributed by atoms with Crippen LogP contribution in [0.3, 0.4) is 0 Å². The number of hydrogen-bond donors (Lipinski definition) is 1. The summed E-state index contributed by atoms with van der Waals surface area (Å²) in [7, 11) is 0. The van der Waals surface area contributed by atoms with Gasteiger partial charge in [0.15, 0.2) is 5.03 Å². The number of nitrogens with one attached hydrogen (secondary N) is 1. The molecule has 3 aromatic rings. The largest absolute Gasteiger partial charge is 0.325 e. The minimum atomic E-state index is -0.289. The number of carbonyl (C=O) groups excluding carboxylic acids is 1. The summed E-state index contributed by atoms with van der Waals surface area (Å²) in [4.78, 5) is 28.8. The highest BCUT2D eigenvalue weighted by atomic mass is 35.5. The zero-order valence-corrected chi connectivity index (χ0v) is 15.6. The zero-order valence-electron chi connectivity index (χ0n) is 14.0. The van der Waals surface area contributed by atoms with Crippen LogP contribution in [0, 0.1) is 6.92 Å². The third-order valence-electron chi connectivity index (χ3n) is 3.54. The number of carbonyl (C=O) groups is 1. The molecule has 1 amide bonds. The fourth-order valence-electron chi connectivity index (χ4n) is 2.38. The molecule has 3 rings (SSSR count). The second kappa shape index (κ2) is 8.21. The van der Waals surface area contributed by atoms with E-state index >= 15 is 0 Å². The molecule has 0 saturated carbocycles. The number of anilines is 1. The van der Waals surface area contributed by atoms with Gasteiger partial charge in [-0.3, -0.25) is 14.2 Å². The molecule has 0 fully saturated rings. The quantitative estimate of drug-likeness (QED) is 0.676. The van der Waals surface area contributed by atoms with E-state index in [1.165, 1.54) is 10.8 Å². The summed E-state index contributed by atoms with van der Waals surface area (Å²) in [5.41, 5.74) is 2.15. The van der Waals surface area contributed by atoms with E-state index in [2.05, 4.69) is 10.3 Å². The highest BCUT2D eigenvalue weighted by molar-refractivity contribution is 7.99. The third kappa shape index (κ3) is 4.53. The Hall–Kier alpha value is -2.57. The van der Waals surface area contributed by atoms with Crippen LogP contribution < -0.4 is 10.9 Å². The second-order valence-corrected chi connectivity index (χ2v) is 6.99. The summed E-state index contributed by atoms with van der Waals surface area (Å²) in [5.74, 6) is -0.101. The molecule has 1 heterocycles. The molecule has 0 spiro atoms. The maximum Gasteiger partial charge on any atom is 0.287 e. The lowest BCUT2D eigenvalue weighted by Gasteiger charge is -2.08. The molecular weight excluding hydrogens is 370 g/mol. The van der Waals surface area contributed by atoms with Crippen molar-refractivity contribution in [2.24, 2.45) is 0 Å². The number of benzene rings is 2. The molecule has 1 aromatic heterocycles. The molecule has 5 nitrogen and oxygen atoms in total.